The first-order chi connectivity index (χ1) is 12.8. The lowest BCUT2D eigenvalue weighted by Crippen LogP contribution is -2.34. The molecular weight excluding hydrogens is 359 g/mol. The Labute approximate surface area is 152 Å². The number of fused-ring (bicyclic) bond motifs is 1. The normalized spacial score (nSPS) is 12.0. The molecule has 1 atom stereocenters. The number of hydrogen-bond donors (Lipinski definition) is 2. The van der Waals surface area contributed by atoms with Gasteiger partial charge in [0.15, 0.2) is 11.6 Å². The van der Waals surface area contributed by atoms with E-state index in [4.69, 9.17) is 0 Å². The average Bonchev–Trinajstić information content (AvgIpc) is 2.63. The van der Waals surface area contributed by atoms with Crippen LogP contribution >= 0.6 is 0 Å². The number of halogens is 3. The minimum absolute atomic E-state index is 0.204. The number of amides is 2. The van der Waals surface area contributed by atoms with Crippen LogP contribution in [0.15, 0.2) is 47.4 Å². The van der Waals surface area contributed by atoms with Crippen LogP contribution in [0.3, 0.4) is 0 Å². The molecule has 1 heterocycles. The summed E-state index contributed by atoms with van der Waals surface area (Å²) < 4.78 is 40.8. The van der Waals surface area contributed by atoms with Gasteiger partial charge in [0.25, 0.3) is 5.56 Å². The third kappa shape index (κ3) is 3.51. The lowest BCUT2D eigenvalue weighted by Gasteiger charge is -2.26. The number of aromatic nitrogens is 1. The molecule has 0 spiro atoms. The largest absolute Gasteiger partial charge is 0.328 e. The number of pyridine rings is 1. The number of hydrogen-bond acceptors (Lipinski definition) is 2. The van der Waals surface area contributed by atoms with Gasteiger partial charge in [-0.3, -0.25) is 4.79 Å². The van der Waals surface area contributed by atoms with Gasteiger partial charge in [-0.2, -0.15) is 0 Å². The van der Waals surface area contributed by atoms with Crippen LogP contribution in [0.2, 0.25) is 0 Å². The fraction of sp³-hybridized carbons (Fsp3) is 0.158. The first kappa shape index (κ1) is 18.5. The van der Waals surface area contributed by atoms with Crippen LogP contribution in [0.4, 0.5) is 23.7 Å². The fourth-order valence-electron chi connectivity index (χ4n) is 2.81. The molecule has 0 bridgehead atoms. The van der Waals surface area contributed by atoms with E-state index in [1.165, 1.54) is 48.5 Å². The first-order valence-corrected chi connectivity index (χ1v) is 8.08. The summed E-state index contributed by atoms with van der Waals surface area (Å²) in [6.45, 7) is 1.67. The topological polar surface area (TPSA) is 65.2 Å². The standard InChI is InChI=1S/C19H16F3N3O2/c1-10(25(2)19(27)24-12-5-3-4-11(20)8-12)14-9-23-18(26)16-13(14)6-7-15(21)17(16)22/h3-10H,1-2H3,(H,23,26)(H,24,27)/t10-/m0/s1. The molecule has 0 aliphatic heterocycles. The Hall–Kier alpha value is -3.29. The van der Waals surface area contributed by atoms with E-state index < -0.39 is 40.5 Å². The molecule has 2 amide bonds. The van der Waals surface area contributed by atoms with Crippen LogP contribution < -0.4 is 10.9 Å². The first-order valence-electron chi connectivity index (χ1n) is 8.08. The van der Waals surface area contributed by atoms with E-state index in [0.717, 1.165) is 6.07 Å². The molecular formula is C19H16F3N3O2. The van der Waals surface area contributed by atoms with E-state index in [0.29, 0.717) is 5.56 Å². The molecule has 0 aliphatic carbocycles. The maximum Gasteiger partial charge on any atom is 0.322 e. The second-order valence-electron chi connectivity index (χ2n) is 6.08. The van der Waals surface area contributed by atoms with Gasteiger partial charge in [-0.15, -0.1) is 0 Å². The highest BCUT2D eigenvalue weighted by Crippen LogP contribution is 2.27. The highest BCUT2D eigenvalue weighted by atomic mass is 19.2. The molecule has 2 N–H and O–H groups in total. The average molecular weight is 375 g/mol. The monoisotopic (exact) mass is 375 g/mol. The molecule has 1 aromatic heterocycles. The third-order valence-electron chi connectivity index (χ3n) is 4.42. The zero-order chi connectivity index (χ0) is 19.7. The number of anilines is 1. The van der Waals surface area contributed by atoms with Gasteiger partial charge < -0.3 is 15.2 Å². The Morgan fingerprint density at radius 3 is 2.63 bits per heavy atom. The van der Waals surface area contributed by atoms with E-state index in [1.54, 1.807) is 6.92 Å². The number of H-pyrrole nitrogens is 1. The second-order valence-corrected chi connectivity index (χ2v) is 6.08. The number of carbonyl (C=O) groups is 1. The van der Waals surface area contributed by atoms with Gasteiger partial charge in [-0.25, -0.2) is 18.0 Å². The molecule has 27 heavy (non-hydrogen) atoms. The third-order valence-corrected chi connectivity index (χ3v) is 4.42. The quantitative estimate of drug-likeness (QED) is 0.722. The van der Waals surface area contributed by atoms with Crippen LogP contribution in [0.25, 0.3) is 10.8 Å². The Bertz CT molecular complexity index is 1080. The summed E-state index contributed by atoms with van der Waals surface area (Å²) in [4.78, 5) is 28.0. The van der Waals surface area contributed by atoms with Crippen molar-refractivity contribution in [3.05, 3.63) is 76.0 Å². The number of aromatic amines is 1. The molecule has 8 heteroatoms. The Balaban J connectivity index is 1.94. The lowest BCUT2D eigenvalue weighted by molar-refractivity contribution is 0.208. The molecule has 0 saturated heterocycles. The van der Waals surface area contributed by atoms with E-state index in [2.05, 4.69) is 10.3 Å². The molecule has 0 saturated carbocycles. The van der Waals surface area contributed by atoms with Crippen molar-refractivity contribution in [1.82, 2.24) is 9.88 Å². The summed E-state index contributed by atoms with van der Waals surface area (Å²) >= 11 is 0. The number of nitrogens with one attached hydrogen (secondary N) is 2. The van der Waals surface area contributed by atoms with Crippen molar-refractivity contribution in [2.45, 2.75) is 13.0 Å². The smallest absolute Gasteiger partial charge is 0.322 e. The fourth-order valence-corrected chi connectivity index (χ4v) is 2.81. The molecule has 0 fully saturated rings. The highest BCUT2D eigenvalue weighted by Gasteiger charge is 2.22. The Morgan fingerprint density at radius 2 is 1.93 bits per heavy atom. The number of nitrogens with zero attached hydrogens (tertiary/aromatic N) is 1. The van der Waals surface area contributed by atoms with Crippen molar-refractivity contribution >= 4 is 22.5 Å². The number of benzene rings is 2. The van der Waals surface area contributed by atoms with Crippen molar-refractivity contribution < 1.29 is 18.0 Å². The summed E-state index contributed by atoms with van der Waals surface area (Å²) in [7, 11) is 1.50. The minimum atomic E-state index is -1.24. The van der Waals surface area contributed by atoms with Crippen molar-refractivity contribution in [2.75, 3.05) is 12.4 Å². The van der Waals surface area contributed by atoms with Gasteiger partial charge in [-0.05, 0) is 42.1 Å². The lowest BCUT2D eigenvalue weighted by atomic mass is 10.0. The van der Waals surface area contributed by atoms with Crippen molar-refractivity contribution in [2.24, 2.45) is 0 Å². The van der Waals surface area contributed by atoms with Gasteiger partial charge in [0.2, 0.25) is 0 Å². The number of carbonyl (C=O) groups excluding carboxylic acids is 1. The van der Waals surface area contributed by atoms with Gasteiger partial charge in [0, 0.05) is 18.9 Å². The van der Waals surface area contributed by atoms with Crippen LogP contribution in [0, 0.1) is 17.5 Å². The summed E-state index contributed by atoms with van der Waals surface area (Å²) in [6.07, 6.45) is 1.36. The van der Waals surface area contributed by atoms with E-state index in [9.17, 15) is 22.8 Å². The summed E-state index contributed by atoms with van der Waals surface area (Å²) in [5.41, 5.74) is -0.0521. The molecule has 0 unspecified atom stereocenters. The second kappa shape index (κ2) is 7.14. The van der Waals surface area contributed by atoms with Gasteiger partial charge in [0.1, 0.15) is 5.82 Å². The predicted molar refractivity (Wildman–Crippen MR) is 96.1 cm³/mol. The zero-order valence-electron chi connectivity index (χ0n) is 14.5. The Morgan fingerprint density at radius 1 is 1.19 bits per heavy atom. The van der Waals surface area contributed by atoms with Crippen molar-refractivity contribution in [3.63, 3.8) is 0 Å². The molecule has 0 radical (unpaired) electrons. The van der Waals surface area contributed by atoms with Crippen molar-refractivity contribution in [3.8, 4) is 0 Å². The van der Waals surface area contributed by atoms with E-state index in [-0.39, 0.29) is 11.1 Å². The van der Waals surface area contributed by atoms with E-state index >= 15 is 0 Å². The Kier molecular flexibility index (Phi) is 4.89. The molecule has 5 nitrogen and oxygen atoms in total. The van der Waals surface area contributed by atoms with Crippen molar-refractivity contribution in [1.29, 1.82) is 0 Å². The molecule has 3 aromatic rings. The maximum absolute atomic E-state index is 14.1. The SMILES string of the molecule is C[C@@H](c1c[nH]c(=O)c2c(F)c(F)ccc12)N(C)C(=O)Nc1cccc(F)c1. The number of urea groups is 1. The van der Waals surface area contributed by atoms with Crippen LogP contribution in [-0.2, 0) is 0 Å². The zero-order valence-corrected chi connectivity index (χ0v) is 14.5. The van der Waals surface area contributed by atoms with Crippen LogP contribution in [-0.4, -0.2) is 23.0 Å². The number of rotatable bonds is 3. The molecule has 140 valence electrons. The minimum Gasteiger partial charge on any atom is -0.328 e. The molecule has 2 aromatic carbocycles. The molecule has 0 aliphatic rings. The predicted octanol–water partition coefficient (Wildman–Crippen LogP) is 4.17. The van der Waals surface area contributed by atoms with Crippen LogP contribution in [0.5, 0.6) is 0 Å². The van der Waals surface area contributed by atoms with Gasteiger partial charge in [-0.1, -0.05) is 12.1 Å². The summed E-state index contributed by atoms with van der Waals surface area (Å²) in [6, 6.07) is 6.52. The van der Waals surface area contributed by atoms with E-state index in [1.807, 2.05) is 0 Å². The summed E-state index contributed by atoms with van der Waals surface area (Å²) in [5.74, 6) is -2.86. The van der Waals surface area contributed by atoms with Gasteiger partial charge >= 0.3 is 6.03 Å². The molecule has 3 rings (SSSR count). The highest BCUT2D eigenvalue weighted by molar-refractivity contribution is 5.90. The maximum atomic E-state index is 14.1. The van der Waals surface area contributed by atoms with Gasteiger partial charge in [0.05, 0.1) is 11.4 Å². The van der Waals surface area contributed by atoms with Crippen LogP contribution in [0.1, 0.15) is 18.5 Å². The summed E-state index contributed by atoms with van der Waals surface area (Å²) in [5, 5.41) is 2.35.